The van der Waals surface area contributed by atoms with Crippen LogP contribution in [0.2, 0.25) is 0 Å². The van der Waals surface area contributed by atoms with Crippen molar-refractivity contribution in [3.63, 3.8) is 0 Å². The van der Waals surface area contributed by atoms with Gasteiger partial charge in [-0.2, -0.15) is 0 Å². The van der Waals surface area contributed by atoms with Gasteiger partial charge in [-0.25, -0.2) is 4.79 Å². The fourth-order valence-corrected chi connectivity index (χ4v) is 3.09. The number of carbonyl (C=O) groups excluding carboxylic acids is 1. The highest BCUT2D eigenvalue weighted by molar-refractivity contribution is 5.80. The molecule has 8 heteroatoms. The third-order valence-corrected chi connectivity index (χ3v) is 4.41. The Morgan fingerprint density at radius 3 is 2.69 bits per heavy atom. The summed E-state index contributed by atoms with van der Waals surface area (Å²) >= 11 is 0. The lowest BCUT2D eigenvalue weighted by atomic mass is 10.3. The number of para-hydroxylation sites is 2. The van der Waals surface area contributed by atoms with E-state index in [1.54, 1.807) is 11.6 Å². The van der Waals surface area contributed by atoms with Crippen LogP contribution in [0.15, 0.2) is 53.5 Å². The molecule has 4 aromatic rings. The van der Waals surface area contributed by atoms with Crippen LogP contribution in [0.3, 0.4) is 0 Å². The molecule has 0 radical (unpaired) electrons. The fraction of sp³-hybridized carbons (Fsp3) is 0.222. The molecular formula is C18H18N6O2. The average Bonchev–Trinajstić information content (AvgIpc) is 3.17. The van der Waals surface area contributed by atoms with Crippen LogP contribution in [-0.4, -0.2) is 36.2 Å². The van der Waals surface area contributed by atoms with E-state index in [1.807, 2.05) is 53.1 Å². The molecule has 132 valence electrons. The minimum Gasteiger partial charge on any atom is -0.354 e. The Morgan fingerprint density at radius 2 is 1.85 bits per heavy atom. The summed E-state index contributed by atoms with van der Waals surface area (Å²) in [5.74, 6) is 0.570. The normalized spacial score (nSPS) is 11.3. The molecule has 1 amide bonds. The summed E-state index contributed by atoms with van der Waals surface area (Å²) in [6.45, 7) is 0.412. The predicted molar refractivity (Wildman–Crippen MR) is 96.9 cm³/mol. The minimum absolute atomic E-state index is 0.0131. The summed E-state index contributed by atoms with van der Waals surface area (Å²) in [7, 11) is 1.70. The Balaban J connectivity index is 1.44. The number of fused-ring (bicyclic) bond motifs is 2. The van der Waals surface area contributed by atoms with Crippen LogP contribution in [0.5, 0.6) is 0 Å². The number of rotatable bonds is 5. The molecule has 0 aliphatic heterocycles. The second-order valence-corrected chi connectivity index (χ2v) is 6.06. The molecule has 0 aliphatic carbocycles. The van der Waals surface area contributed by atoms with Crippen molar-refractivity contribution in [2.75, 3.05) is 6.54 Å². The van der Waals surface area contributed by atoms with Crippen LogP contribution >= 0.6 is 0 Å². The van der Waals surface area contributed by atoms with Gasteiger partial charge in [0.25, 0.3) is 0 Å². The molecule has 0 saturated carbocycles. The van der Waals surface area contributed by atoms with Gasteiger partial charge < -0.3 is 5.32 Å². The zero-order chi connectivity index (χ0) is 18.1. The number of carbonyl (C=O) groups is 1. The van der Waals surface area contributed by atoms with Crippen LogP contribution in [0.4, 0.5) is 0 Å². The molecule has 0 saturated heterocycles. The van der Waals surface area contributed by atoms with Crippen molar-refractivity contribution in [1.82, 2.24) is 29.0 Å². The van der Waals surface area contributed by atoms with Crippen LogP contribution < -0.4 is 11.0 Å². The number of nitrogens with zero attached hydrogens (tertiary/aromatic N) is 5. The lowest BCUT2D eigenvalue weighted by Crippen LogP contribution is -2.33. The fourth-order valence-electron chi connectivity index (χ4n) is 3.09. The molecule has 0 fully saturated rings. The Kier molecular flexibility index (Phi) is 4.00. The number of hydrogen-bond donors (Lipinski definition) is 1. The van der Waals surface area contributed by atoms with Gasteiger partial charge in [0.15, 0.2) is 5.65 Å². The Bertz CT molecular complexity index is 1150. The van der Waals surface area contributed by atoms with Crippen LogP contribution in [-0.2, 0) is 24.8 Å². The first kappa shape index (κ1) is 16.1. The van der Waals surface area contributed by atoms with E-state index in [0.29, 0.717) is 13.0 Å². The zero-order valence-corrected chi connectivity index (χ0v) is 14.3. The summed E-state index contributed by atoms with van der Waals surface area (Å²) in [5.41, 5.74) is 2.12. The zero-order valence-electron chi connectivity index (χ0n) is 14.3. The maximum atomic E-state index is 12.4. The van der Waals surface area contributed by atoms with E-state index in [9.17, 15) is 9.59 Å². The van der Waals surface area contributed by atoms with Crippen molar-refractivity contribution in [2.24, 2.45) is 7.05 Å². The average molecular weight is 350 g/mol. The Labute approximate surface area is 148 Å². The van der Waals surface area contributed by atoms with Gasteiger partial charge in [-0.1, -0.05) is 18.2 Å². The van der Waals surface area contributed by atoms with Crippen molar-refractivity contribution in [3.05, 3.63) is 65.0 Å². The number of benzene rings is 1. The van der Waals surface area contributed by atoms with Crippen molar-refractivity contribution in [2.45, 2.75) is 13.0 Å². The third kappa shape index (κ3) is 2.75. The van der Waals surface area contributed by atoms with Gasteiger partial charge in [0.05, 0.1) is 11.0 Å². The third-order valence-electron chi connectivity index (χ3n) is 4.41. The SMILES string of the molecule is Cn1c(=O)n(CC(=O)NCCc2nnc3ccccn23)c2ccccc21. The van der Waals surface area contributed by atoms with E-state index in [2.05, 4.69) is 15.5 Å². The van der Waals surface area contributed by atoms with Crippen molar-refractivity contribution < 1.29 is 4.79 Å². The van der Waals surface area contributed by atoms with Gasteiger partial charge in [0, 0.05) is 26.2 Å². The topological polar surface area (TPSA) is 86.2 Å². The number of hydrogen-bond acceptors (Lipinski definition) is 4. The molecule has 0 aliphatic rings. The summed E-state index contributed by atoms with van der Waals surface area (Å²) in [6, 6.07) is 13.1. The molecule has 4 rings (SSSR count). The lowest BCUT2D eigenvalue weighted by molar-refractivity contribution is -0.121. The highest BCUT2D eigenvalue weighted by atomic mass is 16.2. The number of aryl methyl sites for hydroxylation is 1. The molecule has 26 heavy (non-hydrogen) atoms. The van der Waals surface area contributed by atoms with Crippen molar-refractivity contribution in [3.8, 4) is 0 Å². The van der Waals surface area contributed by atoms with Gasteiger partial charge >= 0.3 is 5.69 Å². The molecule has 0 atom stereocenters. The molecule has 3 aromatic heterocycles. The monoisotopic (exact) mass is 350 g/mol. The first-order valence-corrected chi connectivity index (χ1v) is 8.35. The molecule has 8 nitrogen and oxygen atoms in total. The van der Waals surface area contributed by atoms with Gasteiger partial charge in [0.1, 0.15) is 12.4 Å². The van der Waals surface area contributed by atoms with Crippen molar-refractivity contribution >= 4 is 22.6 Å². The number of amides is 1. The van der Waals surface area contributed by atoms with Gasteiger partial charge in [-0.15, -0.1) is 10.2 Å². The smallest absolute Gasteiger partial charge is 0.329 e. The van der Waals surface area contributed by atoms with Crippen LogP contribution in [0, 0.1) is 0 Å². The second-order valence-electron chi connectivity index (χ2n) is 6.06. The number of imidazole rings is 1. The standard InChI is InChI=1S/C18H18N6O2/c1-22-13-6-2-3-7-14(13)24(18(22)26)12-17(25)19-10-9-16-21-20-15-8-4-5-11-23(15)16/h2-8,11H,9-10,12H2,1H3,(H,19,25). The summed E-state index contributed by atoms with van der Waals surface area (Å²) in [4.78, 5) is 24.6. The molecule has 0 spiro atoms. The quantitative estimate of drug-likeness (QED) is 0.575. The molecule has 3 heterocycles. The first-order chi connectivity index (χ1) is 12.6. The first-order valence-electron chi connectivity index (χ1n) is 8.35. The summed E-state index contributed by atoms with van der Waals surface area (Å²) < 4.78 is 4.92. The van der Waals surface area contributed by atoms with E-state index >= 15 is 0 Å². The molecule has 1 N–H and O–H groups in total. The second kappa shape index (κ2) is 6.47. The van der Waals surface area contributed by atoms with E-state index in [1.165, 1.54) is 4.57 Å². The van der Waals surface area contributed by atoms with Gasteiger partial charge in [0.2, 0.25) is 5.91 Å². The van der Waals surface area contributed by atoms with E-state index in [-0.39, 0.29) is 18.1 Å². The number of aromatic nitrogens is 5. The maximum absolute atomic E-state index is 12.4. The molecule has 0 unspecified atom stereocenters. The predicted octanol–water partition coefficient (Wildman–Crippen LogP) is 0.742. The summed E-state index contributed by atoms with van der Waals surface area (Å²) in [6.07, 6.45) is 2.45. The number of nitrogens with one attached hydrogen (secondary N) is 1. The van der Waals surface area contributed by atoms with Crippen LogP contribution in [0.25, 0.3) is 16.7 Å². The lowest BCUT2D eigenvalue weighted by Gasteiger charge is -2.06. The maximum Gasteiger partial charge on any atom is 0.329 e. The molecular weight excluding hydrogens is 332 g/mol. The number of pyridine rings is 1. The van der Waals surface area contributed by atoms with Crippen molar-refractivity contribution in [1.29, 1.82) is 0 Å². The Morgan fingerprint density at radius 1 is 1.08 bits per heavy atom. The highest BCUT2D eigenvalue weighted by Gasteiger charge is 2.13. The minimum atomic E-state index is -0.211. The molecule has 0 bridgehead atoms. The Hall–Kier alpha value is -3.42. The van der Waals surface area contributed by atoms with E-state index < -0.39 is 0 Å². The van der Waals surface area contributed by atoms with E-state index in [4.69, 9.17) is 0 Å². The molecule has 1 aromatic carbocycles. The van der Waals surface area contributed by atoms with Gasteiger partial charge in [-0.05, 0) is 24.3 Å². The van der Waals surface area contributed by atoms with Crippen LogP contribution in [0.1, 0.15) is 5.82 Å². The summed E-state index contributed by atoms with van der Waals surface area (Å²) in [5, 5.41) is 11.1. The highest BCUT2D eigenvalue weighted by Crippen LogP contribution is 2.11. The van der Waals surface area contributed by atoms with E-state index in [0.717, 1.165) is 22.5 Å². The largest absolute Gasteiger partial charge is 0.354 e. The van der Waals surface area contributed by atoms with Gasteiger partial charge in [-0.3, -0.25) is 18.3 Å².